The molecule has 0 saturated carbocycles. The number of amides is 1. The summed E-state index contributed by atoms with van der Waals surface area (Å²) in [5.74, 6) is 1.62. The monoisotopic (exact) mass is 257 g/mol. The highest BCUT2D eigenvalue weighted by molar-refractivity contribution is 7.99. The molecule has 5 heteroatoms. The zero-order chi connectivity index (χ0) is 11.8. The smallest absolute Gasteiger partial charge is 0.220 e. The average molecular weight is 257 g/mol. The summed E-state index contributed by atoms with van der Waals surface area (Å²) in [6.07, 6.45) is 0.449. The van der Waals surface area contributed by atoms with Crippen LogP contribution in [0.15, 0.2) is 29.2 Å². The van der Waals surface area contributed by atoms with Crippen LogP contribution in [0, 0.1) is 0 Å². The van der Waals surface area contributed by atoms with Crippen molar-refractivity contribution in [1.29, 1.82) is 0 Å². The molecular formula is C11H15NO2S2. The lowest BCUT2D eigenvalue weighted by atomic mass is 10.3. The summed E-state index contributed by atoms with van der Waals surface area (Å²) in [4.78, 5) is 11.9. The molecule has 1 rings (SSSR count). The lowest BCUT2D eigenvalue weighted by molar-refractivity contribution is -0.120. The van der Waals surface area contributed by atoms with Crippen molar-refractivity contribution in [3.8, 4) is 5.75 Å². The van der Waals surface area contributed by atoms with Crippen LogP contribution in [0.2, 0.25) is 0 Å². The topological polar surface area (TPSA) is 49.3 Å². The molecule has 2 N–H and O–H groups in total. The van der Waals surface area contributed by atoms with Crippen LogP contribution < -0.4 is 5.32 Å². The van der Waals surface area contributed by atoms with Crippen LogP contribution in [0.25, 0.3) is 0 Å². The third-order valence-electron chi connectivity index (χ3n) is 1.89. The van der Waals surface area contributed by atoms with Gasteiger partial charge in [-0.1, -0.05) is 12.1 Å². The van der Waals surface area contributed by atoms with E-state index in [0.717, 1.165) is 10.6 Å². The maximum absolute atomic E-state index is 11.1. The fraction of sp³-hybridized carbons (Fsp3) is 0.364. The van der Waals surface area contributed by atoms with Gasteiger partial charge in [0.1, 0.15) is 5.75 Å². The molecule has 0 radical (unpaired) electrons. The Balaban J connectivity index is 2.21. The third-order valence-corrected chi connectivity index (χ3v) is 3.17. The van der Waals surface area contributed by atoms with Gasteiger partial charge in [0.2, 0.25) is 5.91 Å². The van der Waals surface area contributed by atoms with E-state index < -0.39 is 0 Å². The summed E-state index contributed by atoms with van der Waals surface area (Å²) >= 11 is 5.50. The number of rotatable bonds is 6. The second-order valence-electron chi connectivity index (χ2n) is 3.14. The van der Waals surface area contributed by atoms with Gasteiger partial charge in [0.25, 0.3) is 0 Å². The molecule has 0 atom stereocenters. The molecule has 0 aliphatic heterocycles. The number of nitrogens with one attached hydrogen (secondary N) is 1. The number of hydrogen-bond donors (Lipinski definition) is 3. The molecule has 88 valence electrons. The minimum Gasteiger partial charge on any atom is -0.507 e. The van der Waals surface area contributed by atoms with Crippen LogP contribution in [0.1, 0.15) is 6.42 Å². The predicted molar refractivity (Wildman–Crippen MR) is 70.3 cm³/mol. The lowest BCUT2D eigenvalue weighted by Crippen LogP contribution is -2.25. The highest BCUT2D eigenvalue weighted by atomic mass is 32.2. The normalized spacial score (nSPS) is 10.1. The quantitative estimate of drug-likeness (QED) is 0.414. The second kappa shape index (κ2) is 7.46. The van der Waals surface area contributed by atoms with E-state index in [2.05, 4.69) is 17.9 Å². The van der Waals surface area contributed by atoms with Crippen molar-refractivity contribution < 1.29 is 9.90 Å². The average Bonchev–Trinajstić information content (AvgIpc) is 2.27. The van der Waals surface area contributed by atoms with E-state index in [9.17, 15) is 9.90 Å². The molecule has 1 amide bonds. The number of carbonyl (C=O) groups is 1. The van der Waals surface area contributed by atoms with Crippen molar-refractivity contribution in [2.24, 2.45) is 0 Å². The van der Waals surface area contributed by atoms with Gasteiger partial charge in [-0.15, -0.1) is 11.8 Å². The maximum Gasteiger partial charge on any atom is 0.220 e. The van der Waals surface area contributed by atoms with Crippen molar-refractivity contribution in [2.45, 2.75) is 11.3 Å². The molecular weight excluding hydrogens is 242 g/mol. The van der Waals surface area contributed by atoms with Crippen LogP contribution in [-0.4, -0.2) is 29.1 Å². The van der Waals surface area contributed by atoms with Gasteiger partial charge in [-0.3, -0.25) is 4.79 Å². The van der Waals surface area contributed by atoms with Crippen LogP contribution in [0.5, 0.6) is 5.75 Å². The number of phenols is 1. The Bertz CT molecular complexity index is 345. The Morgan fingerprint density at radius 3 is 2.88 bits per heavy atom. The Labute approximate surface area is 105 Å². The van der Waals surface area contributed by atoms with Gasteiger partial charge >= 0.3 is 0 Å². The molecule has 0 unspecified atom stereocenters. The van der Waals surface area contributed by atoms with E-state index in [4.69, 9.17) is 0 Å². The van der Waals surface area contributed by atoms with E-state index in [1.165, 1.54) is 11.8 Å². The highest BCUT2D eigenvalue weighted by Crippen LogP contribution is 2.26. The predicted octanol–water partition coefficient (Wildman–Crippen LogP) is 1.92. The minimum atomic E-state index is 0.0212. The van der Waals surface area contributed by atoms with E-state index >= 15 is 0 Å². The Hall–Kier alpha value is -0.810. The fourth-order valence-corrected chi connectivity index (χ4v) is 2.14. The second-order valence-corrected chi connectivity index (χ2v) is 4.72. The van der Waals surface area contributed by atoms with E-state index in [0.29, 0.717) is 18.7 Å². The Morgan fingerprint density at radius 2 is 2.19 bits per heavy atom. The molecule has 3 nitrogen and oxygen atoms in total. The van der Waals surface area contributed by atoms with Crippen LogP contribution in [0.3, 0.4) is 0 Å². The summed E-state index contributed by atoms with van der Waals surface area (Å²) in [6.45, 7) is 0.603. The first-order valence-corrected chi connectivity index (χ1v) is 6.64. The Kier molecular flexibility index (Phi) is 6.18. The van der Waals surface area contributed by atoms with Crippen molar-refractivity contribution in [3.05, 3.63) is 24.3 Å². The number of thiol groups is 1. The number of hydrogen-bond acceptors (Lipinski definition) is 4. The fourth-order valence-electron chi connectivity index (χ4n) is 1.12. The minimum absolute atomic E-state index is 0.0212. The molecule has 1 aromatic carbocycles. The number of thioether (sulfide) groups is 1. The molecule has 0 aliphatic rings. The largest absolute Gasteiger partial charge is 0.507 e. The summed E-state index contributed by atoms with van der Waals surface area (Å²) in [6, 6.07) is 7.17. The molecule has 0 spiro atoms. The number of para-hydroxylation sites is 1. The molecule has 0 saturated heterocycles. The molecule has 0 fully saturated rings. The molecule has 0 bridgehead atoms. The van der Waals surface area contributed by atoms with Gasteiger partial charge < -0.3 is 10.4 Å². The molecule has 0 aliphatic carbocycles. The van der Waals surface area contributed by atoms with Crippen LogP contribution in [-0.2, 0) is 4.79 Å². The molecule has 16 heavy (non-hydrogen) atoms. The summed E-state index contributed by atoms with van der Waals surface area (Å²) in [5, 5.41) is 12.3. The Morgan fingerprint density at radius 1 is 1.44 bits per heavy atom. The molecule has 0 aromatic heterocycles. The van der Waals surface area contributed by atoms with E-state index in [1.807, 2.05) is 12.1 Å². The van der Waals surface area contributed by atoms with Gasteiger partial charge in [0, 0.05) is 23.6 Å². The van der Waals surface area contributed by atoms with Gasteiger partial charge in [0.15, 0.2) is 0 Å². The summed E-state index contributed by atoms with van der Waals surface area (Å²) in [7, 11) is 0. The highest BCUT2D eigenvalue weighted by Gasteiger charge is 2.01. The first-order chi connectivity index (χ1) is 7.74. The van der Waals surface area contributed by atoms with Gasteiger partial charge in [-0.25, -0.2) is 0 Å². The zero-order valence-electron chi connectivity index (χ0n) is 8.85. The summed E-state index contributed by atoms with van der Waals surface area (Å²) < 4.78 is 0. The standard InChI is InChI=1S/C11H15NO2S2/c13-9-3-1-2-4-10(9)16-8-6-12-11(14)5-7-15/h1-4,13,15H,5-8H2,(H,12,14). The van der Waals surface area contributed by atoms with Crippen LogP contribution in [0.4, 0.5) is 0 Å². The zero-order valence-corrected chi connectivity index (χ0v) is 10.6. The molecule has 1 aromatic rings. The van der Waals surface area contributed by atoms with Crippen molar-refractivity contribution >= 4 is 30.3 Å². The van der Waals surface area contributed by atoms with E-state index in [-0.39, 0.29) is 11.7 Å². The third kappa shape index (κ3) is 4.81. The number of aromatic hydroxyl groups is 1. The summed E-state index contributed by atoms with van der Waals surface area (Å²) in [5.41, 5.74) is 0. The van der Waals surface area contributed by atoms with Gasteiger partial charge in [-0.2, -0.15) is 12.6 Å². The van der Waals surface area contributed by atoms with Crippen molar-refractivity contribution in [2.75, 3.05) is 18.1 Å². The van der Waals surface area contributed by atoms with Crippen molar-refractivity contribution in [3.63, 3.8) is 0 Å². The maximum atomic E-state index is 11.1. The number of benzene rings is 1. The molecule has 0 heterocycles. The van der Waals surface area contributed by atoms with Crippen molar-refractivity contribution in [1.82, 2.24) is 5.32 Å². The first-order valence-electron chi connectivity index (χ1n) is 5.02. The number of phenolic OH excluding ortho intramolecular Hbond substituents is 1. The van der Waals surface area contributed by atoms with E-state index in [1.54, 1.807) is 12.1 Å². The SMILES string of the molecule is O=C(CCS)NCCSc1ccccc1O. The first kappa shape index (κ1) is 13.3. The van der Waals surface area contributed by atoms with Gasteiger partial charge in [0.05, 0.1) is 0 Å². The number of carbonyl (C=O) groups excluding carboxylic acids is 1. The lowest BCUT2D eigenvalue weighted by Gasteiger charge is -2.05. The van der Waals surface area contributed by atoms with Gasteiger partial charge in [-0.05, 0) is 17.9 Å². The van der Waals surface area contributed by atoms with Crippen LogP contribution >= 0.6 is 24.4 Å².